The molecule has 16 heavy (non-hydrogen) atoms. The van der Waals surface area contributed by atoms with Crippen LogP contribution in [-0.4, -0.2) is 31.2 Å². The maximum atomic E-state index is 5.39. The van der Waals surface area contributed by atoms with Gasteiger partial charge in [0.25, 0.3) is 0 Å². The van der Waals surface area contributed by atoms with Crippen LogP contribution in [0.25, 0.3) is 0 Å². The Balaban J connectivity index is 2.21. The summed E-state index contributed by atoms with van der Waals surface area (Å²) in [5.41, 5.74) is 0.892. The summed E-state index contributed by atoms with van der Waals surface area (Å²) in [6.07, 6.45) is -0.195. The van der Waals surface area contributed by atoms with E-state index in [1.54, 1.807) is 0 Å². The first kappa shape index (κ1) is 13.2. The van der Waals surface area contributed by atoms with Gasteiger partial charge in [-0.1, -0.05) is 5.16 Å². The molecule has 1 heterocycles. The van der Waals surface area contributed by atoms with Gasteiger partial charge in [0.1, 0.15) is 0 Å². The van der Waals surface area contributed by atoms with Crippen LogP contribution in [0, 0.1) is 6.92 Å². The van der Waals surface area contributed by atoms with Crippen LogP contribution >= 0.6 is 0 Å². The van der Waals surface area contributed by atoms with Gasteiger partial charge in [0.15, 0.2) is 12.1 Å². The molecule has 1 N–H and O–H groups in total. The molecule has 0 aliphatic heterocycles. The average molecular weight is 228 g/mol. The van der Waals surface area contributed by atoms with Crippen LogP contribution in [0.15, 0.2) is 10.6 Å². The predicted molar refractivity (Wildman–Crippen MR) is 60.0 cm³/mol. The van der Waals surface area contributed by atoms with Crippen molar-refractivity contribution in [1.29, 1.82) is 0 Å². The summed E-state index contributed by atoms with van der Waals surface area (Å²) in [4.78, 5) is 0. The normalized spacial score (nSPS) is 11.2. The average Bonchev–Trinajstić information content (AvgIpc) is 2.65. The lowest BCUT2D eigenvalue weighted by Crippen LogP contribution is -2.31. The summed E-state index contributed by atoms with van der Waals surface area (Å²) in [7, 11) is 0. The summed E-state index contributed by atoms with van der Waals surface area (Å²) < 4.78 is 15.9. The van der Waals surface area contributed by atoms with Crippen molar-refractivity contribution in [2.75, 3.05) is 19.8 Å². The molecule has 0 saturated carbocycles. The van der Waals surface area contributed by atoms with Crippen LogP contribution in [0.2, 0.25) is 0 Å². The molecule has 0 saturated heterocycles. The Labute approximate surface area is 96.1 Å². The summed E-state index contributed by atoms with van der Waals surface area (Å²) in [5.74, 6) is 0.823. The first-order valence-corrected chi connectivity index (χ1v) is 5.62. The number of rotatable bonds is 8. The second kappa shape index (κ2) is 7.38. The lowest BCUT2D eigenvalue weighted by Gasteiger charge is -2.16. The largest absolute Gasteiger partial charge is 0.360 e. The minimum absolute atomic E-state index is 0.195. The molecule has 92 valence electrons. The van der Waals surface area contributed by atoms with Crippen molar-refractivity contribution in [2.24, 2.45) is 0 Å². The fourth-order valence-corrected chi connectivity index (χ4v) is 1.35. The van der Waals surface area contributed by atoms with Crippen molar-refractivity contribution in [3.63, 3.8) is 0 Å². The summed E-state index contributed by atoms with van der Waals surface area (Å²) in [6.45, 7) is 8.37. The number of aromatic nitrogens is 1. The third-order valence-corrected chi connectivity index (χ3v) is 1.99. The zero-order valence-electron chi connectivity index (χ0n) is 10.2. The zero-order valence-corrected chi connectivity index (χ0v) is 10.2. The van der Waals surface area contributed by atoms with Crippen LogP contribution in [0.4, 0.5) is 0 Å². The molecular formula is C11H20N2O3. The van der Waals surface area contributed by atoms with Gasteiger partial charge in [0, 0.05) is 25.8 Å². The molecule has 0 spiro atoms. The van der Waals surface area contributed by atoms with Gasteiger partial charge >= 0.3 is 0 Å². The maximum Gasteiger partial charge on any atom is 0.169 e. The van der Waals surface area contributed by atoms with Crippen molar-refractivity contribution < 1.29 is 14.0 Å². The van der Waals surface area contributed by atoms with E-state index in [9.17, 15) is 0 Å². The number of aryl methyl sites for hydroxylation is 1. The summed E-state index contributed by atoms with van der Waals surface area (Å²) in [5, 5.41) is 7.01. The lowest BCUT2D eigenvalue weighted by molar-refractivity contribution is -0.133. The molecule has 5 nitrogen and oxygen atoms in total. The highest BCUT2D eigenvalue weighted by atomic mass is 16.7. The van der Waals surface area contributed by atoms with E-state index in [0.29, 0.717) is 26.3 Å². The Morgan fingerprint density at radius 1 is 1.38 bits per heavy atom. The van der Waals surface area contributed by atoms with Crippen molar-refractivity contribution in [3.8, 4) is 0 Å². The molecular weight excluding hydrogens is 208 g/mol. The molecule has 5 heteroatoms. The standard InChI is InChI=1S/C11H20N2O3/c1-4-14-11(15-5-2)8-12-7-10-6-9(3)13-16-10/h6,11-12H,4-5,7-8H2,1-3H3. The van der Waals surface area contributed by atoms with Gasteiger partial charge < -0.3 is 19.3 Å². The Bertz CT molecular complexity index is 283. The second-order valence-corrected chi connectivity index (χ2v) is 3.41. The quantitative estimate of drug-likeness (QED) is 0.683. The molecule has 1 rings (SSSR count). The Kier molecular flexibility index (Phi) is 6.07. The van der Waals surface area contributed by atoms with E-state index >= 15 is 0 Å². The number of hydrogen-bond donors (Lipinski definition) is 1. The van der Waals surface area contributed by atoms with Crippen LogP contribution in [0.3, 0.4) is 0 Å². The molecule has 0 aliphatic carbocycles. The number of ether oxygens (including phenoxy) is 2. The van der Waals surface area contributed by atoms with Gasteiger partial charge in [-0.3, -0.25) is 0 Å². The SMILES string of the molecule is CCOC(CNCc1cc(C)no1)OCC. The second-order valence-electron chi connectivity index (χ2n) is 3.41. The van der Waals surface area contributed by atoms with Crippen LogP contribution < -0.4 is 5.32 Å². The van der Waals surface area contributed by atoms with E-state index in [-0.39, 0.29) is 6.29 Å². The van der Waals surface area contributed by atoms with Crippen LogP contribution in [0.5, 0.6) is 0 Å². The van der Waals surface area contributed by atoms with Crippen LogP contribution in [0.1, 0.15) is 25.3 Å². The van der Waals surface area contributed by atoms with E-state index in [1.807, 2.05) is 26.8 Å². The molecule has 1 aromatic rings. The van der Waals surface area contributed by atoms with Gasteiger partial charge in [-0.05, 0) is 20.8 Å². The molecule has 0 bridgehead atoms. The molecule has 0 amide bonds. The molecule has 0 radical (unpaired) electrons. The van der Waals surface area contributed by atoms with Crippen molar-refractivity contribution in [3.05, 3.63) is 17.5 Å². The number of nitrogens with zero attached hydrogens (tertiary/aromatic N) is 1. The van der Waals surface area contributed by atoms with Crippen molar-refractivity contribution in [1.82, 2.24) is 10.5 Å². The van der Waals surface area contributed by atoms with Gasteiger partial charge in [-0.2, -0.15) is 0 Å². The van der Waals surface area contributed by atoms with E-state index in [1.165, 1.54) is 0 Å². The highest BCUT2D eigenvalue weighted by molar-refractivity contribution is 5.02. The van der Waals surface area contributed by atoms with E-state index in [4.69, 9.17) is 14.0 Å². The highest BCUT2D eigenvalue weighted by Crippen LogP contribution is 2.01. The van der Waals surface area contributed by atoms with Gasteiger partial charge in [-0.25, -0.2) is 0 Å². The summed E-state index contributed by atoms with van der Waals surface area (Å²) >= 11 is 0. The Hall–Kier alpha value is -0.910. The monoisotopic (exact) mass is 228 g/mol. The number of hydrogen-bond acceptors (Lipinski definition) is 5. The Morgan fingerprint density at radius 2 is 2.06 bits per heavy atom. The van der Waals surface area contributed by atoms with Crippen molar-refractivity contribution in [2.45, 2.75) is 33.6 Å². The number of nitrogens with one attached hydrogen (secondary N) is 1. The van der Waals surface area contributed by atoms with E-state index < -0.39 is 0 Å². The summed E-state index contributed by atoms with van der Waals surface area (Å²) in [6, 6.07) is 1.91. The lowest BCUT2D eigenvalue weighted by atomic mass is 10.4. The first-order valence-electron chi connectivity index (χ1n) is 5.62. The third kappa shape index (κ3) is 4.74. The fourth-order valence-electron chi connectivity index (χ4n) is 1.35. The molecule has 1 aromatic heterocycles. The zero-order chi connectivity index (χ0) is 11.8. The molecule has 0 fully saturated rings. The first-order chi connectivity index (χ1) is 7.76. The fraction of sp³-hybridized carbons (Fsp3) is 0.727. The molecule has 0 aromatic carbocycles. The highest BCUT2D eigenvalue weighted by Gasteiger charge is 2.07. The van der Waals surface area contributed by atoms with Gasteiger partial charge in [-0.15, -0.1) is 0 Å². The van der Waals surface area contributed by atoms with Gasteiger partial charge in [0.2, 0.25) is 0 Å². The minimum atomic E-state index is -0.195. The molecule has 0 atom stereocenters. The predicted octanol–water partition coefficient (Wildman–Crippen LogP) is 1.47. The topological polar surface area (TPSA) is 56.5 Å². The third-order valence-electron chi connectivity index (χ3n) is 1.99. The maximum absolute atomic E-state index is 5.39. The Morgan fingerprint density at radius 3 is 2.56 bits per heavy atom. The smallest absolute Gasteiger partial charge is 0.169 e. The molecule has 0 aliphatic rings. The minimum Gasteiger partial charge on any atom is -0.360 e. The van der Waals surface area contributed by atoms with Gasteiger partial charge in [0.05, 0.1) is 12.2 Å². The van der Waals surface area contributed by atoms with E-state index in [0.717, 1.165) is 11.5 Å². The van der Waals surface area contributed by atoms with Crippen LogP contribution in [-0.2, 0) is 16.0 Å². The van der Waals surface area contributed by atoms with E-state index in [2.05, 4.69) is 10.5 Å². The van der Waals surface area contributed by atoms with Crippen molar-refractivity contribution >= 4 is 0 Å². The molecule has 0 unspecified atom stereocenters.